The van der Waals surface area contributed by atoms with Gasteiger partial charge in [-0.3, -0.25) is 0 Å². The van der Waals surface area contributed by atoms with E-state index in [0.717, 1.165) is 48.5 Å². The van der Waals surface area contributed by atoms with Gasteiger partial charge in [0, 0.05) is 48.5 Å². The first-order chi connectivity index (χ1) is 18.8. The summed E-state index contributed by atoms with van der Waals surface area (Å²) in [6, 6.07) is 12.9. The number of quaternary nitrogens is 1. The van der Waals surface area contributed by atoms with E-state index < -0.39 is 51.4 Å². The van der Waals surface area contributed by atoms with Gasteiger partial charge in [-0.2, -0.15) is 57.2 Å². The van der Waals surface area contributed by atoms with Crippen molar-refractivity contribution in [2.75, 3.05) is 0 Å². The Labute approximate surface area is 224 Å². The highest BCUT2D eigenvalue weighted by Gasteiger charge is 2.43. The van der Waals surface area contributed by atoms with E-state index in [2.05, 4.69) is 0 Å². The van der Waals surface area contributed by atoms with Gasteiger partial charge in [0.2, 0.25) is 0 Å². The number of hydrogen-bond acceptors (Lipinski definition) is 0. The van der Waals surface area contributed by atoms with Crippen LogP contribution in [0.1, 0.15) is 22.3 Å². The zero-order chi connectivity index (χ0) is 30.4. The minimum atomic E-state index is -4.79. The molecule has 0 aliphatic rings. The highest BCUT2D eigenvalue weighted by molar-refractivity contribution is 5.82. The molecule has 0 saturated carbocycles. The van der Waals surface area contributed by atoms with Crippen molar-refractivity contribution in [3.05, 3.63) is 119 Å². The predicted octanol–water partition coefficient (Wildman–Crippen LogP) is 11.1. The number of nitrogens with zero attached hydrogens (tertiary/aromatic N) is 1. The molecule has 41 heavy (non-hydrogen) atoms. The number of hydrogen-bond donors (Lipinski definition) is 0. The average molecular weight is 594 g/mol. The molecule has 0 heterocycles. The van der Waals surface area contributed by atoms with Gasteiger partial charge in [-0.1, -0.05) is 0 Å². The van der Waals surface area contributed by atoms with E-state index in [0.29, 0.717) is 48.5 Å². The van der Waals surface area contributed by atoms with Crippen LogP contribution in [-0.2, 0) is 24.7 Å². The van der Waals surface area contributed by atoms with Gasteiger partial charge in [-0.05, 0) is 48.5 Å². The van der Waals surface area contributed by atoms with Gasteiger partial charge in [-0.15, -0.1) is 0 Å². The standard InChI is InChI=1S/C28H16F12N/c29-25(30,31)17-1-9-21(10-2-17)41(22-11-3-18(4-12-22)26(32,33)34,23-13-5-19(6-14-23)27(35,36)37)24-15-7-20(8-16-24)28(38,39)40/h1-16H/q+1. The van der Waals surface area contributed by atoms with E-state index in [1.54, 1.807) is 0 Å². The lowest BCUT2D eigenvalue weighted by molar-refractivity contribution is -0.138. The summed E-state index contributed by atoms with van der Waals surface area (Å²) in [4.78, 5) is 0. The molecule has 0 bridgehead atoms. The summed E-state index contributed by atoms with van der Waals surface area (Å²) in [5, 5.41) is 0. The van der Waals surface area contributed by atoms with E-state index >= 15 is 0 Å². The Morgan fingerprint density at radius 1 is 0.268 bits per heavy atom. The molecule has 0 atom stereocenters. The normalized spacial score (nSPS) is 13.4. The topological polar surface area (TPSA) is 0 Å². The molecule has 4 aromatic carbocycles. The van der Waals surface area contributed by atoms with Gasteiger partial charge < -0.3 is 0 Å². The fourth-order valence-corrected chi connectivity index (χ4v) is 4.39. The lowest BCUT2D eigenvalue weighted by atomic mass is 10.0. The largest absolute Gasteiger partial charge is 0.416 e. The van der Waals surface area contributed by atoms with Crippen LogP contribution in [0.4, 0.5) is 75.4 Å². The maximum absolute atomic E-state index is 13.3. The first-order valence-corrected chi connectivity index (χ1v) is 11.4. The van der Waals surface area contributed by atoms with Crippen LogP contribution in [0, 0.1) is 0 Å². The van der Waals surface area contributed by atoms with Crippen LogP contribution in [0.2, 0.25) is 0 Å². The summed E-state index contributed by atoms with van der Waals surface area (Å²) in [5.41, 5.74) is -4.87. The van der Waals surface area contributed by atoms with Crippen molar-refractivity contribution in [2.45, 2.75) is 24.7 Å². The second-order valence-corrected chi connectivity index (χ2v) is 8.85. The fraction of sp³-hybridized carbons (Fsp3) is 0.143. The molecule has 0 radical (unpaired) electrons. The van der Waals surface area contributed by atoms with Gasteiger partial charge in [-0.25, -0.2) is 0 Å². The van der Waals surface area contributed by atoms with Crippen molar-refractivity contribution >= 4 is 22.7 Å². The third kappa shape index (κ3) is 5.90. The first-order valence-electron chi connectivity index (χ1n) is 11.4. The summed E-state index contributed by atoms with van der Waals surface area (Å²) in [7, 11) is 0. The van der Waals surface area contributed by atoms with Crippen LogP contribution < -0.4 is 4.48 Å². The van der Waals surface area contributed by atoms with E-state index in [1.807, 2.05) is 0 Å². The number of rotatable bonds is 4. The molecule has 216 valence electrons. The van der Waals surface area contributed by atoms with Crippen LogP contribution in [0.15, 0.2) is 97.1 Å². The van der Waals surface area contributed by atoms with Gasteiger partial charge in [0.1, 0.15) is 22.7 Å². The first kappa shape index (κ1) is 30.0. The highest BCUT2D eigenvalue weighted by atomic mass is 19.4. The monoisotopic (exact) mass is 594 g/mol. The summed E-state index contributed by atoms with van der Waals surface area (Å²) in [5.74, 6) is 0. The van der Waals surface area contributed by atoms with E-state index in [9.17, 15) is 52.7 Å². The Hall–Kier alpha value is -4.00. The van der Waals surface area contributed by atoms with Gasteiger partial charge >= 0.3 is 24.7 Å². The van der Waals surface area contributed by atoms with Crippen molar-refractivity contribution < 1.29 is 52.7 Å². The summed E-state index contributed by atoms with van der Waals surface area (Å²) in [6.07, 6.45) is -19.1. The molecule has 0 aliphatic carbocycles. The Balaban J connectivity index is 2.09. The molecule has 1 nitrogen and oxygen atoms in total. The molecule has 0 saturated heterocycles. The minimum absolute atomic E-state index is 0.114. The summed E-state index contributed by atoms with van der Waals surface area (Å²) >= 11 is 0. The van der Waals surface area contributed by atoms with Crippen molar-refractivity contribution in [1.82, 2.24) is 4.48 Å². The van der Waals surface area contributed by atoms with Gasteiger partial charge in [0.15, 0.2) is 0 Å². The fourth-order valence-electron chi connectivity index (χ4n) is 4.39. The summed E-state index contributed by atoms with van der Waals surface area (Å²) < 4.78 is 159. The average Bonchev–Trinajstić information content (AvgIpc) is 2.88. The third-order valence-corrected chi connectivity index (χ3v) is 6.33. The molecule has 4 aromatic rings. The molecule has 0 unspecified atom stereocenters. The molecular weight excluding hydrogens is 578 g/mol. The smallest absolute Gasteiger partial charge is 0.194 e. The number of benzene rings is 4. The Morgan fingerprint density at radius 2 is 0.415 bits per heavy atom. The molecule has 4 rings (SSSR count). The molecule has 0 aromatic heterocycles. The van der Waals surface area contributed by atoms with Crippen molar-refractivity contribution in [3.8, 4) is 0 Å². The van der Waals surface area contributed by atoms with E-state index in [4.69, 9.17) is 0 Å². The van der Waals surface area contributed by atoms with Crippen LogP contribution >= 0.6 is 0 Å². The molecule has 13 heteroatoms. The van der Waals surface area contributed by atoms with Crippen LogP contribution in [-0.4, -0.2) is 0 Å². The Morgan fingerprint density at radius 3 is 0.537 bits per heavy atom. The van der Waals surface area contributed by atoms with Crippen molar-refractivity contribution in [3.63, 3.8) is 0 Å². The second kappa shape index (κ2) is 10.1. The SMILES string of the molecule is FC(F)(F)c1ccc([N+](c2ccc(C(F)(F)F)cc2)(c2ccc(C(F)(F)F)cc2)c2ccc(C(F)(F)F)cc2)cc1. The zero-order valence-electron chi connectivity index (χ0n) is 20.2. The van der Waals surface area contributed by atoms with Crippen LogP contribution in [0.25, 0.3) is 0 Å². The lowest BCUT2D eigenvalue weighted by Crippen LogP contribution is -2.33. The molecule has 0 aliphatic heterocycles. The van der Waals surface area contributed by atoms with Gasteiger partial charge in [0.05, 0.1) is 22.3 Å². The maximum atomic E-state index is 13.3. The quantitative estimate of drug-likeness (QED) is 0.163. The molecule has 0 spiro atoms. The Bertz CT molecular complexity index is 1240. The Kier molecular flexibility index (Phi) is 7.40. The maximum Gasteiger partial charge on any atom is 0.416 e. The molecule has 0 N–H and O–H groups in total. The van der Waals surface area contributed by atoms with E-state index in [-0.39, 0.29) is 22.7 Å². The highest BCUT2D eigenvalue weighted by Crippen LogP contribution is 2.53. The van der Waals surface area contributed by atoms with Crippen LogP contribution in [0.3, 0.4) is 0 Å². The van der Waals surface area contributed by atoms with Gasteiger partial charge in [0.25, 0.3) is 0 Å². The number of alkyl halides is 12. The number of halogens is 12. The van der Waals surface area contributed by atoms with Crippen molar-refractivity contribution in [1.29, 1.82) is 0 Å². The summed E-state index contributed by atoms with van der Waals surface area (Å²) in [6.45, 7) is 0. The third-order valence-electron chi connectivity index (χ3n) is 6.33. The lowest BCUT2D eigenvalue weighted by Gasteiger charge is -2.37. The predicted molar refractivity (Wildman–Crippen MR) is 127 cm³/mol. The minimum Gasteiger partial charge on any atom is -0.194 e. The van der Waals surface area contributed by atoms with E-state index in [1.165, 1.54) is 0 Å². The second-order valence-electron chi connectivity index (χ2n) is 8.85. The molecule has 0 amide bonds. The zero-order valence-corrected chi connectivity index (χ0v) is 20.2. The van der Waals surface area contributed by atoms with Crippen LogP contribution in [0.5, 0.6) is 0 Å². The molecular formula is C28H16F12N+. The molecule has 0 fully saturated rings. The van der Waals surface area contributed by atoms with Crippen molar-refractivity contribution in [2.24, 2.45) is 0 Å².